The van der Waals surface area contributed by atoms with E-state index in [0.717, 1.165) is 32.8 Å². The first kappa shape index (κ1) is 15.0. The first-order valence-electron chi connectivity index (χ1n) is 7.64. The topological polar surface area (TPSA) is 98.9 Å². The molecule has 1 aliphatic rings. The van der Waals surface area contributed by atoms with Gasteiger partial charge in [0.25, 0.3) is 5.56 Å². The molecule has 120 valence electrons. The number of hydrogen-bond donors (Lipinski definition) is 3. The smallest absolute Gasteiger partial charge is 0.263 e. The van der Waals surface area contributed by atoms with E-state index in [1.807, 2.05) is 0 Å². The van der Waals surface area contributed by atoms with Gasteiger partial charge in [0.05, 0.1) is 19.4 Å². The molecule has 0 aromatic carbocycles. The third kappa shape index (κ3) is 3.12. The fourth-order valence-electron chi connectivity index (χ4n) is 2.83. The lowest BCUT2D eigenvalue weighted by Gasteiger charge is -2.36. The van der Waals surface area contributed by atoms with Gasteiger partial charge in [-0.25, -0.2) is 0 Å². The van der Waals surface area contributed by atoms with Crippen molar-refractivity contribution in [2.45, 2.75) is 19.9 Å². The van der Waals surface area contributed by atoms with Gasteiger partial charge in [-0.2, -0.15) is 10.1 Å². The van der Waals surface area contributed by atoms with Crippen LogP contribution in [-0.4, -0.2) is 64.0 Å². The van der Waals surface area contributed by atoms with E-state index in [-0.39, 0.29) is 5.56 Å². The van der Waals surface area contributed by atoms with Crippen molar-refractivity contribution in [1.82, 2.24) is 25.1 Å². The number of nitrogens with one attached hydrogen (secondary N) is 3. The Morgan fingerprint density at radius 2 is 2.18 bits per heavy atom. The maximum absolute atomic E-state index is 11.9. The van der Waals surface area contributed by atoms with Gasteiger partial charge in [0.2, 0.25) is 5.95 Å². The normalized spacial score (nSPS) is 18.0. The molecule has 1 saturated heterocycles. The summed E-state index contributed by atoms with van der Waals surface area (Å²) in [5.74, 6) is 0.967. The molecule has 2 aromatic heterocycles. The number of aromatic nitrogens is 4. The van der Waals surface area contributed by atoms with Gasteiger partial charge in [-0.1, -0.05) is 13.8 Å². The van der Waals surface area contributed by atoms with E-state index >= 15 is 0 Å². The van der Waals surface area contributed by atoms with Gasteiger partial charge in [0, 0.05) is 25.7 Å². The van der Waals surface area contributed by atoms with Crippen molar-refractivity contribution in [1.29, 1.82) is 0 Å². The summed E-state index contributed by atoms with van der Waals surface area (Å²) in [4.78, 5) is 21.4. The Labute approximate surface area is 128 Å². The average Bonchev–Trinajstić information content (AvgIpc) is 2.97. The number of ether oxygens (including phenoxy) is 1. The Balaban J connectivity index is 1.71. The second kappa shape index (κ2) is 6.45. The zero-order valence-corrected chi connectivity index (χ0v) is 12.9. The van der Waals surface area contributed by atoms with E-state index in [1.165, 1.54) is 6.20 Å². The van der Waals surface area contributed by atoms with E-state index in [0.29, 0.717) is 28.9 Å². The van der Waals surface area contributed by atoms with Crippen molar-refractivity contribution in [3.63, 3.8) is 0 Å². The molecular formula is C14H22N6O2. The summed E-state index contributed by atoms with van der Waals surface area (Å²) in [5, 5.41) is 10.3. The molecule has 2 aromatic rings. The maximum atomic E-state index is 11.9. The summed E-state index contributed by atoms with van der Waals surface area (Å²) in [6, 6.07) is 0.367. The number of nitrogens with zero attached hydrogens (tertiary/aromatic N) is 3. The van der Waals surface area contributed by atoms with Gasteiger partial charge in [-0.3, -0.25) is 19.8 Å². The Morgan fingerprint density at radius 3 is 2.91 bits per heavy atom. The van der Waals surface area contributed by atoms with Crippen molar-refractivity contribution in [3.8, 4) is 0 Å². The molecule has 0 radical (unpaired) electrons. The van der Waals surface area contributed by atoms with Crippen molar-refractivity contribution in [3.05, 3.63) is 16.6 Å². The van der Waals surface area contributed by atoms with Crippen LogP contribution in [0.1, 0.15) is 13.8 Å². The number of fused-ring (bicyclic) bond motifs is 1. The van der Waals surface area contributed by atoms with Gasteiger partial charge >= 0.3 is 0 Å². The van der Waals surface area contributed by atoms with Crippen LogP contribution in [0.25, 0.3) is 11.0 Å². The number of hydrogen-bond acceptors (Lipinski definition) is 6. The minimum atomic E-state index is -0.186. The Morgan fingerprint density at radius 1 is 1.41 bits per heavy atom. The molecule has 3 rings (SSSR count). The van der Waals surface area contributed by atoms with Crippen LogP contribution in [-0.2, 0) is 4.74 Å². The van der Waals surface area contributed by atoms with Gasteiger partial charge in [0.1, 0.15) is 5.39 Å². The zero-order valence-electron chi connectivity index (χ0n) is 12.9. The SMILES string of the molecule is CC(C)C(CNc1nc2[nH]ncc2c(=O)[nH]1)N1CCOCC1. The molecule has 22 heavy (non-hydrogen) atoms. The minimum absolute atomic E-state index is 0.186. The van der Waals surface area contributed by atoms with E-state index in [9.17, 15) is 4.79 Å². The van der Waals surface area contributed by atoms with Crippen molar-refractivity contribution < 1.29 is 4.74 Å². The predicted molar refractivity (Wildman–Crippen MR) is 84.0 cm³/mol. The summed E-state index contributed by atoms with van der Waals surface area (Å²) in [7, 11) is 0. The highest BCUT2D eigenvalue weighted by Crippen LogP contribution is 2.14. The van der Waals surface area contributed by atoms with Gasteiger partial charge in [-0.15, -0.1) is 0 Å². The zero-order chi connectivity index (χ0) is 15.5. The van der Waals surface area contributed by atoms with E-state index < -0.39 is 0 Å². The van der Waals surface area contributed by atoms with Gasteiger partial charge in [0.15, 0.2) is 5.65 Å². The molecule has 1 atom stereocenters. The van der Waals surface area contributed by atoms with Crippen molar-refractivity contribution in [2.24, 2.45) is 5.92 Å². The highest BCUT2D eigenvalue weighted by Gasteiger charge is 2.23. The molecule has 1 fully saturated rings. The summed E-state index contributed by atoms with van der Waals surface area (Å²) in [5.41, 5.74) is 0.312. The lowest BCUT2D eigenvalue weighted by Crippen LogP contribution is -2.49. The average molecular weight is 306 g/mol. The highest BCUT2D eigenvalue weighted by molar-refractivity contribution is 5.73. The molecule has 0 amide bonds. The van der Waals surface area contributed by atoms with Gasteiger partial charge in [-0.05, 0) is 5.92 Å². The fraction of sp³-hybridized carbons (Fsp3) is 0.643. The summed E-state index contributed by atoms with van der Waals surface area (Å²) in [6.45, 7) is 8.56. The minimum Gasteiger partial charge on any atom is -0.379 e. The first-order valence-corrected chi connectivity index (χ1v) is 7.64. The van der Waals surface area contributed by atoms with Crippen LogP contribution in [0.4, 0.5) is 5.95 Å². The number of H-pyrrole nitrogens is 2. The Hall–Kier alpha value is -1.93. The van der Waals surface area contributed by atoms with E-state index in [4.69, 9.17) is 4.74 Å². The van der Waals surface area contributed by atoms with Crippen LogP contribution in [0.3, 0.4) is 0 Å². The Kier molecular flexibility index (Phi) is 4.39. The summed E-state index contributed by atoms with van der Waals surface area (Å²) < 4.78 is 5.41. The van der Waals surface area contributed by atoms with Crippen LogP contribution in [0, 0.1) is 5.92 Å². The molecule has 3 N–H and O–H groups in total. The standard InChI is InChI=1S/C14H22N6O2/c1-9(2)11(20-3-5-22-6-4-20)8-15-14-17-12-10(7-16-19-12)13(21)18-14/h7,9,11H,3-6,8H2,1-2H3,(H3,15,16,17,18,19,21). The lowest BCUT2D eigenvalue weighted by atomic mass is 10.0. The summed E-state index contributed by atoms with van der Waals surface area (Å²) in [6.07, 6.45) is 1.48. The van der Waals surface area contributed by atoms with Crippen LogP contribution in [0.2, 0.25) is 0 Å². The maximum Gasteiger partial charge on any atom is 0.263 e. The van der Waals surface area contributed by atoms with Crippen molar-refractivity contribution in [2.75, 3.05) is 38.2 Å². The molecule has 0 spiro atoms. The van der Waals surface area contributed by atoms with E-state index in [2.05, 4.69) is 44.2 Å². The predicted octanol–water partition coefficient (Wildman–Crippen LogP) is 0.415. The largest absolute Gasteiger partial charge is 0.379 e. The monoisotopic (exact) mass is 306 g/mol. The lowest BCUT2D eigenvalue weighted by molar-refractivity contribution is 0.00951. The fourth-order valence-corrected chi connectivity index (χ4v) is 2.83. The van der Waals surface area contributed by atoms with Crippen molar-refractivity contribution >= 4 is 17.0 Å². The van der Waals surface area contributed by atoms with Crippen LogP contribution < -0.4 is 10.9 Å². The van der Waals surface area contributed by atoms with Crippen LogP contribution >= 0.6 is 0 Å². The molecule has 1 unspecified atom stereocenters. The molecular weight excluding hydrogens is 284 g/mol. The third-order valence-corrected chi connectivity index (χ3v) is 4.08. The number of rotatable bonds is 5. The molecule has 0 saturated carbocycles. The van der Waals surface area contributed by atoms with E-state index in [1.54, 1.807) is 0 Å². The summed E-state index contributed by atoms with van der Waals surface area (Å²) >= 11 is 0. The molecule has 0 bridgehead atoms. The third-order valence-electron chi connectivity index (χ3n) is 4.08. The quantitative estimate of drug-likeness (QED) is 0.740. The van der Waals surface area contributed by atoms with Crippen LogP contribution in [0.15, 0.2) is 11.0 Å². The highest BCUT2D eigenvalue weighted by atomic mass is 16.5. The molecule has 0 aliphatic carbocycles. The number of aromatic amines is 2. The molecule has 8 nitrogen and oxygen atoms in total. The molecule has 8 heteroatoms. The second-order valence-electron chi connectivity index (χ2n) is 5.89. The second-order valence-corrected chi connectivity index (χ2v) is 5.89. The molecule has 1 aliphatic heterocycles. The number of anilines is 1. The number of morpholine rings is 1. The van der Waals surface area contributed by atoms with Gasteiger partial charge < -0.3 is 10.1 Å². The Bertz CT molecular complexity index is 673. The molecule has 3 heterocycles. The van der Waals surface area contributed by atoms with Crippen LogP contribution in [0.5, 0.6) is 0 Å². The first-order chi connectivity index (χ1) is 10.6.